The van der Waals surface area contributed by atoms with Crippen LogP contribution < -0.4 is 0 Å². The Bertz CT molecular complexity index is 204. The number of carboxylic acid groups (broad SMARTS) is 2. The van der Waals surface area contributed by atoms with Gasteiger partial charge in [-0.25, -0.2) is 0 Å². The van der Waals surface area contributed by atoms with Crippen LogP contribution in [0.3, 0.4) is 0 Å². The number of aliphatic carboxylic acids is 2. The summed E-state index contributed by atoms with van der Waals surface area (Å²) in [6.07, 6.45) is 3.37. The van der Waals surface area contributed by atoms with Crippen molar-refractivity contribution < 1.29 is 19.8 Å². The van der Waals surface area contributed by atoms with Crippen molar-refractivity contribution in [2.24, 2.45) is 5.41 Å². The van der Waals surface area contributed by atoms with Gasteiger partial charge in [0.1, 0.15) is 0 Å². The maximum atomic E-state index is 11.1. The van der Waals surface area contributed by atoms with Crippen LogP contribution >= 0.6 is 0 Å². The van der Waals surface area contributed by atoms with Crippen LogP contribution in [0.4, 0.5) is 0 Å². The van der Waals surface area contributed by atoms with Crippen LogP contribution in [-0.2, 0) is 9.59 Å². The summed E-state index contributed by atoms with van der Waals surface area (Å²) >= 11 is 0. The minimum atomic E-state index is -1.56. The molecule has 0 saturated heterocycles. The maximum absolute atomic E-state index is 11.1. The molecular weight excluding hydrogens is 236 g/mol. The van der Waals surface area contributed by atoms with E-state index in [-0.39, 0.29) is 50.6 Å². The van der Waals surface area contributed by atoms with Crippen LogP contribution in [0.25, 0.3) is 0 Å². The third-order valence-electron chi connectivity index (χ3n) is 2.73. The van der Waals surface area contributed by atoms with E-state index in [1.165, 1.54) is 0 Å². The summed E-state index contributed by atoms with van der Waals surface area (Å²) in [4.78, 5) is 22.2. The molecule has 0 atom stereocenters. The summed E-state index contributed by atoms with van der Waals surface area (Å²) in [5.74, 6) is -2.39. The van der Waals surface area contributed by atoms with E-state index < -0.39 is 17.4 Å². The van der Waals surface area contributed by atoms with Crippen molar-refractivity contribution in [3.63, 3.8) is 0 Å². The molecule has 0 heterocycles. The molecule has 0 saturated carbocycles. The van der Waals surface area contributed by atoms with E-state index in [1.54, 1.807) is 0 Å². The Labute approximate surface area is 126 Å². The van der Waals surface area contributed by atoms with Gasteiger partial charge in [-0.1, -0.05) is 39.5 Å². The van der Waals surface area contributed by atoms with E-state index in [4.69, 9.17) is 10.2 Å². The van der Waals surface area contributed by atoms with E-state index in [2.05, 4.69) is 0 Å². The zero-order valence-corrected chi connectivity index (χ0v) is 9.45. The van der Waals surface area contributed by atoms with Crippen molar-refractivity contribution in [2.45, 2.75) is 52.4 Å². The zero-order valence-electron chi connectivity index (χ0n) is 9.45. The molecule has 0 aliphatic heterocycles. The second-order valence-electron chi connectivity index (χ2n) is 3.90. The van der Waals surface area contributed by atoms with Gasteiger partial charge in [0.15, 0.2) is 5.41 Å². The summed E-state index contributed by atoms with van der Waals surface area (Å²) < 4.78 is 0. The average Bonchev–Trinajstić information content (AvgIpc) is 2.17. The van der Waals surface area contributed by atoms with E-state index >= 15 is 0 Å². The van der Waals surface area contributed by atoms with Gasteiger partial charge >= 0.3 is 49.7 Å². The molecule has 4 nitrogen and oxygen atoms in total. The number of carboxylic acids is 2. The summed E-state index contributed by atoms with van der Waals surface area (Å²) in [7, 11) is 0. The van der Waals surface area contributed by atoms with Gasteiger partial charge in [0.05, 0.1) is 0 Å². The number of unbranched alkanes of at least 4 members (excludes halogenated alkanes) is 2. The monoisotopic (exact) mass is 258 g/mol. The molecule has 0 aromatic rings. The molecule has 0 amide bonds. The molecule has 0 bridgehead atoms. The van der Waals surface area contributed by atoms with Crippen LogP contribution in [0.5, 0.6) is 0 Å². The fraction of sp³-hybridized carbons (Fsp3) is 0.818. The Morgan fingerprint density at radius 1 is 0.938 bits per heavy atom. The minimum absolute atomic E-state index is 0. The number of carbonyl (C=O) groups is 2. The number of hydrogen-bond acceptors (Lipinski definition) is 2. The fourth-order valence-electron chi connectivity index (χ4n) is 1.60. The zero-order chi connectivity index (χ0) is 11.9. The molecule has 0 aromatic heterocycles. The van der Waals surface area contributed by atoms with E-state index in [0.29, 0.717) is 12.8 Å². The van der Waals surface area contributed by atoms with Crippen LogP contribution in [0.1, 0.15) is 52.4 Å². The Hall–Kier alpha value is 0.200. The van der Waals surface area contributed by atoms with Crippen molar-refractivity contribution in [3.05, 3.63) is 0 Å². The molecule has 0 radical (unpaired) electrons. The van der Waals surface area contributed by atoms with Crippen molar-refractivity contribution in [3.8, 4) is 0 Å². The molecule has 16 heavy (non-hydrogen) atoms. The Morgan fingerprint density at radius 2 is 1.25 bits per heavy atom. The predicted octanol–water partition coefficient (Wildman–Crippen LogP) is 1.61. The van der Waals surface area contributed by atoms with Gasteiger partial charge in [-0.3, -0.25) is 9.59 Å². The Morgan fingerprint density at radius 3 is 1.44 bits per heavy atom. The van der Waals surface area contributed by atoms with Gasteiger partial charge in [-0.2, -0.15) is 0 Å². The summed E-state index contributed by atoms with van der Waals surface area (Å²) in [5, 5.41) is 18.1. The van der Waals surface area contributed by atoms with Crippen LogP contribution in [-0.4, -0.2) is 59.9 Å². The fourth-order valence-corrected chi connectivity index (χ4v) is 1.60. The van der Waals surface area contributed by atoms with Gasteiger partial charge in [0.2, 0.25) is 0 Å². The molecule has 2 N–H and O–H groups in total. The van der Waals surface area contributed by atoms with Crippen LogP contribution in [0, 0.1) is 5.41 Å². The van der Waals surface area contributed by atoms with Crippen molar-refractivity contribution in [1.29, 1.82) is 0 Å². The molecule has 0 rings (SSSR count). The molecule has 0 aliphatic carbocycles. The first-order valence-electron chi connectivity index (χ1n) is 5.48. The van der Waals surface area contributed by atoms with Crippen LogP contribution in [0.2, 0.25) is 0 Å². The SMILES string of the molecule is CCCCC(CCCC)(C(=O)O)C(=O)O.[CaH2]. The second-order valence-corrected chi connectivity index (χ2v) is 3.90. The number of rotatable bonds is 8. The first kappa shape index (κ1) is 18.6. The van der Waals surface area contributed by atoms with Crippen molar-refractivity contribution in [1.82, 2.24) is 0 Å². The Balaban J connectivity index is 0. The average molecular weight is 258 g/mol. The molecule has 0 unspecified atom stereocenters. The summed E-state index contributed by atoms with van der Waals surface area (Å²) in [5.41, 5.74) is -1.56. The van der Waals surface area contributed by atoms with Gasteiger partial charge in [-0.05, 0) is 12.8 Å². The van der Waals surface area contributed by atoms with E-state index in [0.717, 1.165) is 12.8 Å². The van der Waals surface area contributed by atoms with Gasteiger partial charge in [0.25, 0.3) is 0 Å². The third-order valence-corrected chi connectivity index (χ3v) is 2.73. The topological polar surface area (TPSA) is 74.6 Å². The molecule has 0 fully saturated rings. The molecule has 0 spiro atoms. The first-order chi connectivity index (χ1) is 7.01. The standard InChI is InChI=1S/C11H20O4.Ca.2H/c1-3-5-7-11(9(12)13,10(14)15)8-6-4-2;;;/h3-8H2,1-2H3,(H,12,13)(H,14,15);;;. The first-order valence-corrected chi connectivity index (χ1v) is 5.48. The quantitative estimate of drug-likeness (QED) is 0.512. The van der Waals surface area contributed by atoms with E-state index in [1.807, 2.05) is 13.8 Å². The van der Waals surface area contributed by atoms with Gasteiger partial charge in [-0.15, -0.1) is 0 Å². The van der Waals surface area contributed by atoms with Crippen LogP contribution in [0.15, 0.2) is 0 Å². The Kier molecular flexibility index (Phi) is 10.7. The third kappa shape index (κ3) is 5.02. The summed E-state index contributed by atoms with van der Waals surface area (Å²) in [6, 6.07) is 0. The van der Waals surface area contributed by atoms with Gasteiger partial charge < -0.3 is 10.2 Å². The number of hydrogen-bond donors (Lipinski definition) is 2. The van der Waals surface area contributed by atoms with Crippen molar-refractivity contribution >= 4 is 49.7 Å². The van der Waals surface area contributed by atoms with Crippen molar-refractivity contribution in [2.75, 3.05) is 0 Å². The van der Waals surface area contributed by atoms with Gasteiger partial charge in [0, 0.05) is 0 Å². The molecule has 0 aromatic carbocycles. The molecule has 0 aliphatic rings. The predicted molar refractivity (Wildman–Crippen MR) is 65.3 cm³/mol. The molecule has 92 valence electrons. The summed E-state index contributed by atoms with van der Waals surface area (Å²) in [6.45, 7) is 3.85. The van der Waals surface area contributed by atoms with E-state index in [9.17, 15) is 9.59 Å². The molecular formula is C11H22CaO4. The molecule has 5 heteroatoms. The normalized spacial score (nSPS) is 10.6. The second kappa shape index (κ2) is 9.25.